The Balaban J connectivity index is 0.000000346. The number of carbonyl (C=O) groups excluding carboxylic acids is 3. The van der Waals surface area contributed by atoms with Crippen molar-refractivity contribution in [2.24, 2.45) is 0 Å². The van der Waals surface area contributed by atoms with E-state index < -0.39 is 11.2 Å². The number of ketones is 1. The molecule has 0 N–H and O–H groups in total. The maximum Gasteiger partial charge on any atom is 0.313 e. The largest absolute Gasteiger partial charge is 0.496 e. The summed E-state index contributed by atoms with van der Waals surface area (Å²) in [6, 6.07) is 6.31. The molecule has 180 valence electrons. The molecule has 0 aromatic heterocycles. The lowest BCUT2D eigenvalue weighted by Gasteiger charge is -2.11. The van der Waals surface area contributed by atoms with Crippen molar-refractivity contribution in [1.29, 1.82) is 0 Å². The number of halogens is 3. The van der Waals surface area contributed by atoms with Crippen molar-refractivity contribution < 1.29 is 38.1 Å². The van der Waals surface area contributed by atoms with Gasteiger partial charge in [-0.25, -0.2) is 0 Å². The van der Waals surface area contributed by atoms with Crippen LogP contribution in [-0.4, -0.2) is 52.0 Å². The molecule has 0 saturated carbocycles. The normalized spacial score (nSPS) is 9.82. The summed E-state index contributed by atoms with van der Waals surface area (Å²) in [4.78, 5) is 34.3. The molecule has 0 amide bonds. The predicted octanol–water partition coefficient (Wildman–Crippen LogP) is 5.45. The quantitative estimate of drug-likeness (QED) is 0.160. The maximum absolute atomic E-state index is 12.0. The summed E-state index contributed by atoms with van der Waals surface area (Å²) in [7, 11) is 5.96. The fourth-order valence-electron chi connectivity index (χ4n) is 2.53. The monoisotopic (exact) mass is 608 g/mol. The van der Waals surface area contributed by atoms with Crippen LogP contribution in [-0.2, 0) is 9.53 Å². The number of methoxy groups -OCH3 is 4. The fraction of sp³-hybridized carbons (Fsp3) is 0.318. The van der Waals surface area contributed by atoms with Gasteiger partial charge in [-0.3, -0.25) is 14.4 Å². The molecule has 2 rings (SSSR count). The summed E-state index contributed by atoms with van der Waals surface area (Å²) >= 11 is 11.9. The summed E-state index contributed by atoms with van der Waals surface area (Å²) in [6.07, 6.45) is -0.316. The average Bonchev–Trinajstić information content (AvgIpc) is 2.79. The highest BCUT2D eigenvalue weighted by Crippen LogP contribution is 2.34. The lowest BCUT2D eigenvalue weighted by atomic mass is 10.1. The van der Waals surface area contributed by atoms with Crippen LogP contribution in [0.1, 0.15) is 34.1 Å². The van der Waals surface area contributed by atoms with Crippen LogP contribution in [0.25, 0.3) is 0 Å². The molecule has 8 nitrogen and oxygen atoms in total. The summed E-state index contributed by atoms with van der Waals surface area (Å²) in [5, 5.41) is -0.565. The Morgan fingerprint density at radius 1 is 0.758 bits per heavy atom. The van der Waals surface area contributed by atoms with Crippen LogP contribution < -0.4 is 18.9 Å². The van der Waals surface area contributed by atoms with Gasteiger partial charge in [0.15, 0.2) is 5.78 Å². The fourth-order valence-corrected chi connectivity index (χ4v) is 3.69. The Morgan fingerprint density at radius 3 is 1.58 bits per heavy atom. The second kappa shape index (κ2) is 14.1. The van der Waals surface area contributed by atoms with E-state index in [4.69, 9.17) is 35.3 Å². The molecule has 33 heavy (non-hydrogen) atoms. The van der Waals surface area contributed by atoms with Crippen LogP contribution in [0.3, 0.4) is 0 Å². The van der Waals surface area contributed by atoms with Crippen LogP contribution in [0.4, 0.5) is 0 Å². The van der Waals surface area contributed by atoms with Gasteiger partial charge in [0.25, 0.3) is 5.24 Å². The Hall–Kier alpha value is -2.30. The van der Waals surface area contributed by atoms with Gasteiger partial charge in [-0.05, 0) is 62.5 Å². The van der Waals surface area contributed by atoms with Crippen molar-refractivity contribution in [3.63, 3.8) is 0 Å². The average molecular weight is 611 g/mol. The van der Waals surface area contributed by atoms with E-state index in [1.54, 1.807) is 31.2 Å². The van der Waals surface area contributed by atoms with Crippen LogP contribution in [0.15, 0.2) is 33.2 Å². The number of Topliss-reactive ketones (excluding diaryl/α,β-unsaturated/α-hetero) is 1. The number of hydrogen-bond donors (Lipinski definition) is 0. The second-order valence-electron chi connectivity index (χ2n) is 6.05. The molecule has 2 aromatic rings. The lowest BCUT2D eigenvalue weighted by molar-refractivity contribution is -0.141. The van der Waals surface area contributed by atoms with Gasteiger partial charge in [0.1, 0.15) is 29.4 Å². The highest BCUT2D eigenvalue weighted by molar-refractivity contribution is 9.10. The van der Waals surface area contributed by atoms with Gasteiger partial charge in [-0.1, -0.05) is 0 Å². The molecule has 0 fully saturated rings. The smallest absolute Gasteiger partial charge is 0.313 e. The summed E-state index contributed by atoms with van der Waals surface area (Å²) in [5.41, 5.74) is 0.616. The first kappa shape index (κ1) is 28.7. The van der Waals surface area contributed by atoms with Gasteiger partial charge in [-0.2, -0.15) is 0 Å². The molecule has 0 bridgehead atoms. The van der Waals surface area contributed by atoms with Crippen molar-refractivity contribution in [3.8, 4) is 23.0 Å². The lowest BCUT2D eigenvalue weighted by Crippen LogP contribution is -2.12. The number of benzene rings is 2. The van der Waals surface area contributed by atoms with E-state index in [2.05, 4.69) is 31.9 Å². The molecular weight excluding hydrogens is 587 g/mol. The molecule has 0 radical (unpaired) electrons. The van der Waals surface area contributed by atoms with Crippen molar-refractivity contribution in [3.05, 3.63) is 44.3 Å². The van der Waals surface area contributed by atoms with E-state index in [1.165, 1.54) is 28.4 Å². The molecular formula is C22H23Br2ClO8. The minimum Gasteiger partial charge on any atom is -0.496 e. The van der Waals surface area contributed by atoms with Crippen molar-refractivity contribution in [2.75, 3.05) is 35.0 Å². The molecule has 0 unspecified atom stereocenters. The Kier molecular flexibility index (Phi) is 12.2. The van der Waals surface area contributed by atoms with Crippen molar-refractivity contribution in [1.82, 2.24) is 0 Å². The van der Waals surface area contributed by atoms with Crippen LogP contribution in [0.5, 0.6) is 23.0 Å². The number of ether oxygens (including phenoxy) is 5. The van der Waals surface area contributed by atoms with E-state index in [1.807, 2.05) is 0 Å². The first-order valence-corrected chi connectivity index (χ1v) is 11.3. The highest BCUT2D eigenvalue weighted by Gasteiger charge is 2.19. The van der Waals surface area contributed by atoms with Crippen molar-refractivity contribution in [2.45, 2.75) is 13.3 Å². The summed E-state index contributed by atoms with van der Waals surface area (Å²) in [5.74, 6) is 0.965. The van der Waals surface area contributed by atoms with E-state index in [0.717, 1.165) is 0 Å². The zero-order valence-electron chi connectivity index (χ0n) is 18.6. The second-order valence-corrected chi connectivity index (χ2v) is 8.10. The first-order chi connectivity index (χ1) is 15.6. The first-order valence-electron chi connectivity index (χ1n) is 9.35. The maximum atomic E-state index is 12.0. The molecule has 11 heteroatoms. The van der Waals surface area contributed by atoms with E-state index in [0.29, 0.717) is 43.1 Å². The van der Waals surface area contributed by atoms with Gasteiger partial charge in [0.2, 0.25) is 0 Å². The minimum absolute atomic E-state index is 0.246. The standard InChI is InChI=1S/C13H15BrO5.C9H8BrClO3/c1-4-19-13(16)6-10(15)8-5-9(14)12(18-3)7-11(8)17-2;1-13-7-4-8(14-2)6(10)3-5(7)9(11)12/h5,7H,4,6H2,1-3H3;3-4H,1-2H3. The van der Waals surface area contributed by atoms with Gasteiger partial charge in [0.05, 0.1) is 55.1 Å². The zero-order valence-corrected chi connectivity index (χ0v) is 22.6. The predicted molar refractivity (Wildman–Crippen MR) is 130 cm³/mol. The minimum atomic E-state index is -0.565. The van der Waals surface area contributed by atoms with Crippen LogP contribution >= 0.6 is 43.5 Å². The highest BCUT2D eigenvalue weighted by atomic mass is 79.9. The molecule has 0 saturated heterocycles. The van der Waals surface area contributed by atoms with E-state index in [-0.39, 0.29) is 18.8 Å². The van der Waals surface area contributed by atoms with Crippen LogP contribution in [0.2, 0.25) is 0 Å². The zero-order chi connectivity index (χ0) is 25.1. The summed E-state index contributed by atoms with van der Waals surface area (Å²) < 4.78 is 26.3. The Bertz CT molecular complexity index is 1010. The topological polar surface area (TPSA) is 97.4 Å². The molecule has 0 aliphatic heterocycles. The number of hydrogen-bond acceptors (Lipinski definition) is 8. The number of rotatable bonds is 9. The van der Waals surface area contributed by atoms with Gasteiger partial charge < -0.3 is 23.7 Å². The molecule has 0 aliphatic rings. The molecule has 0 heterocycles. The number of esters is 1. The molecule has 0 aliphatic carbocycles. The van der Waals surface area contributed by atoms with Crippen molar-refractivity contribution >= 4 is 60.5 Å². The van der Waals surface area contributed by atoms with Gasteiger partial charge in [-0.15, -0.1) is 0 Å². The van der Waals surface area contributed by atoms with Crippen LogP contribution in [0, 0.1) is 0 Å². The summed E-state index contributed by atoms with van der Waals surface area (Å²) in [6.45, 7) is 1.93. The third-order valence-corrected chi connectivity index (χ3v) is 5.51. The third-order valence-electron chi connectivity index (χ3n) is 4.07. The van der Waals surface area contributed by atoms with Gasteiger partial charge >= 0.3 is 5.97 Å². The Morgan fingerprint density at radius 2 is 1.18 bits per heavy atom. The number of carbonyl (C=O) groups is 3. The third kappa shape index (κ3) is 8.21. The van der Waals surface area contributed by atoms with E-state index >= 15 is 0 Å². The van der Waals surface area contributed by atoms with E-state index in [9.17, 15) is 14.4 Å². The van der Waals surface area contributed by atoms with Gasteiger partial charge in [0, 0.05) is 12.1 Å². The Labute approximate surface area is 213 Å². The molecule has 0 atom stereocenters. The SMILES string of the molecule is CCOC(=O)CC(=O)c1cc(Br)c(OC)cc1OC.COc1cc(OC)c(C(=O)Cl)cc1Br. The molecule has 0 spiro atoms. The molecule has 2 aromatic carbocycles.